The number of hydrogen-bond donors (Lipinski definition) is 1. The van der Waals surface area contributed by atoms with Crippen molar-refractivity contribution in [2.75, 3.05) is 0 Å². The molecule has 0 amide bonds. The molecular formula is C31H50O. The summed E-state index contributed by atoms with van der Waals surface area (Å²) in [6.07, 6.45) is 21.6. The Morgan fingerprint density at radius 1 is 1.06 bits per heavy atom. The summed E-state index contributed by atoms with van der Waals surface area (Å²) >= 11 is 0. The van der Waals surface area contributed by atoms with Gasteiger partial charge in [-0.15, -0.1) is 0 Å². The highest BCUT2D eigenvalue weighted by Crippen LogP contribution is 2.60. The maximum atomic E-state index is 10.7. The van der Waals surface area contributed by atoms with Crippen LogP contribution in [0.25, 0.3) is 0 Å². The monoisotopic (exact) mass is 438 g/mol. The van der Waals surface area contributed by atoms with E-state index in [-0.39, 0.29) is 11.5 Å². The minimum absolute atomic E-state index is 0.00895. The molecule has 2 unspecified atom stereocenters. The van der Waals surface area contributed by atoms with Crippen molar-refractivity contribution >= 4 is 0 Å². The molecule has 0 aliphatic heterocycles. The quantitative estimate of drug-likeness (QED) is 0.266. The Morgan fingerprint density at radius 2 is 1.75 bits per heavy atom. The molecule has 4 atom stereocenters. The van der Waals surface area contributed by atoms with E-state index in [9.17, 15) is 5.11 Å². The molecule has 0 heterocycles. The van der Waals surface area contributed by atoms with Gasteiger partial charge in [0.25, 0.3) is 0 Å². The van der Waals surface area contributed by atoms with Crippen molar-refractivity contribution in [2.24, 2.45) is 22.7 Å². The van der Waals surface area contributed by atoms with Crippen LogP contribution in [-0.4, -0.2) is 11.2 Å². The molecule has 1 saturated carbocycles. The van der Waals surface area contributed by atoms with E-state index in [4.69, 9.17) is 0 Å². The van der Waals surface area contributed by atoms with Gasteiger partial charge < -0.3 is 5.11 Å². The fourth-order valence-corrected chi connectivity index (χ4v) is 6.49. The number of hydrogen-bond acceptors (Lipinski definition) is 1. The normalized spacial score (nSPS) is 30.4. The molecule has 1 N–H and O–H groups in total. The van der Waals surface area contributed by atoms with Crippen LogP contribution in [0.4, 0.5) is 0 Å². The van der Waals surface area contributed by atoms with Gasteiger partial charge in [-0.3, -0.25) is 0 Å². The molecule has 32 heavy (non-hydrogen) atoms. The Hall–Kier alpha value is -1.34. The van der Waals surface area contributed by atoms with Gasteiger partial charge in [0.2, 0.25) is 0 Å². The number of fused-ring (bicyclic) bond motifs is 1. The highest BCUT2D eigenvalue weighted by Gasteiger charge is 2.54. The minimum atomic E-state index is -0.161. The van der Waals surface area contributed by atoms with Gasteiger partial charge in [0.1, 0.15) is 0 Å². The van der Waals surface area contributed by atoms with Gasteiger partial charge in [-0.25, -0.2) is 0 Å². The van der Waals surface area contributed by atoms with Crippen LogP contribution in [0.3, 0.4) is 0 Å². The van der Waals surface area contributed by atoms with Gasteiger partial charge in [-0.2, -0.15) is 0 Å². The zero-order valence-electron chi connectivity index (χ0n) is 22.1. The Bertz CT molecular complexity index is 755. The predicted octanol–water partition coefficient (Wildman–Crippen LogP) is 9.12. The second-order valence-corrected chi connectivity index (χ2v) is 11.6. The molecule has 1 heteroatoms. The molecular weight excluding hydrogens is 388 g/mol. The maximum absolute atomic E-state index is 10.7. The van der Waals surface area contributed by atoms with Crippen LogP contribution in [0.1, 0.15) is 106 Å². The first-order valence-electron chi connectivity index (χ1n) is 13.0. The van der Waals surface area contributed by atoms with E-state index < -0.39 is 0 Å². The molecule has 0 aromatic rings. The average Bonchev–Trinajstić information content (AvgIpc) is 2.71. The lowest BCUT2D eigenvalue weighted by Gasteiger charge is -2.58. The van der Waals surface area contributed by atoms with Crippen LogP contribution in [-0.2, 0) is 0 Å². The van der Waals surface area contributed by atoms with Crippen LogP contribution in [0, 0.1) is 22.7 Å². The predicted molar refractivity (Wildman–Crippen MR) is 142 cm³/mol. The first kappa shape index (κ1) is 26.9. The van der Waals surface area contributed by atoms with Gasteiger partial charge in [-0.1, -0.05) is 80.0 Å². The summed E-state index contributed by atoms with van der Waals surface area (Å²) in [5.74, 6) is 1.21. The minimum Gasteiger partial charge on any atom is -0.393 e. The van der Waals surface area contributed by atoms with Crippen molar-refractivity contribution in [2.45, 2.75) is 112 Å². The Labute approximate surface area is 199 Å². The van der Waals surface area contributed by atoms with Crippen LogP contribution in [0.15, 0.2) is 59.3 Å². The summed E-state index contributed by atoms with van der Waals surface area (Å²) in [6, 6.07) is 0. The fraction of sp³-hybridized carbons (Fsp3) is 0.677. The van der Waals surface area contributed by atoms with Crippen molar-refractivity contribution in [1.29, 1.82) is 0 Å². The van der Waals surface area contributed by atoms with E-state index >= 15 is 0 Å². The Kier molecular flexibility index (Phi) is 9.83. The van der Waals surface area contributed by atoms with E-state index in [0.717, 1.165) is 51.4 Å². The number of aliphatic hydroxyl groups is 1. The molecule has 0 spiro atoms. The smallest absolute Gasteiger partial charge is 0.0594 e. The average molecular weight is 439 g/mol. The van der Waals surface area contributed by atoms with Crippen LogP contribution < -0.4 is 0 Å². The highest BCUT2D eigenvalue weighted by molar-refractivity contribution is 5.20. The van der Waals surface area contributed by atoms with Crippen molar-refractivity contribution < 1.29 is 5.11 Å². The summed E-state index contributed by atoms with van der Waals surface area (Å²) in [6.45, 7) is 20.1. The molecule has 2 aliphatic carbocycles. The molecule has 1 nitrogen and oxygen atoms in total. The van der Waals surface area contributed by atoms with Gasteiger partial charge in [-0.05, 0) is 108 Å². The van der Waals surface area contributed by atoms with E-state index in [1.807, 2.05) is 6.08 Å². The van der Waals surface area contributed by atoms with E-state index in [1.165, 1.54) is 23.1 Å². The molecule has 180 valence electrons. The third-order valence-corrected chi connectivity index (χ3v) is 8.67. The molecule has 2 aliphatic rings. The third-order valence-electron chi connectivity index (χ3n) is 8.67. The zero-order chi connectivity index (χ0) is 23.9. The van der Waals surface area contributed by atoms with Crippen LogP contribution in [0.5, 0.6) is 0 Å². The molecule has 0 saturated heterocycles. The summed E-state index contributed by atoms with van der Waals surface area (Å²) in [5.41, 5.74) is 6.18. The Morgan fingerprint density at radius 3 is 2.41 bits per heavy atom. The van der Waals surface area contributed by atoms with E-state index in [0.29, 0.717) is 17.3 Å². The molecule has 1 fully saturated rings. The number of allylic oxidation sites excluding steroid dienone is 9. The van der Waals surface area contributed by atoms with E-state index in [2.05, 4.69) is 79.3 Å². The molecule has 0 radical (unpaired) electrons. The van der Waals surface area contributed by atoms with Gasteiger partial charge in [0, 0.05) is 0 Å². The SMILES string of the molecule is C=C/C(=C\CC/C(C)=C/CCC1C(C)=CCC2C(C)(C)[C@@H](O)CC[C@]12C)CCC=C(C)C. The van der Waals surface area contributed by atoms with Crippen molar-refractivity contribution in [1.82, 2.24) is 0 Å². The zero-order valence-corrected chi connectivity index (χ0v) is 22.1. The van der Waals surface area contributed by atoms with Gasteiger partial charge in [0.05, 0.1) is 6.10 Å². The fourth-order valence-electron chi connectivity index (χ4n) is 6.49. The summed E-state index contributed by atoms with van der Waals surface area (Å²) in [7, 11) is 0. The van der Waals surface area contributed by atoms with Gasteiger partial charge in [0.15, 0.2) is 0 Å². The lowest BCUT2D eigenvalue weighted by molar-refractivity contribution is -0.115. The lowest BCUT2D eigenvalue weighted by Crippen LogP contribution is -2.54. The van der Waals surface area contributed by atoms with Crippen molar-refractivity contribution in [3.63, 3.8) is 0 Å². The Balaban J connectivity index is 1.92. The largest absolute Gasteiger partial charge is 0.393 e. The summed E-state index contributed by atoms with van der Waals surface area (Å²) in [4.78, 5) is 0. The summed E-state index contributed by atoms with van der Waals surface area (Å²) < 4.78 is 0. The maximum Gasteiger partial charge on any atom is 0.0594 e. The first-order valence-corrected chi connectivity index (χ1v) is 13.0. The topological polar surface area (TPSA) is 20.2 Å². The first-order chi connectivity index (χ1) is 15.0. The van der Waals surface area contributed by atoms with E-state index in [1.54, 1.807) is 5.57 Å². The standard InChI is InChI=1S/C31H50O/c1-9-26(16-10-13-23(2)3)17-11-14-24(4)15-12-18-27-25(5)19-20-28-30(6,7)29(32)21-22-31(27,28)8/h9,13,15,17,19,27-29,32H,1,10-12,14,16,18,20-22H2,2-8H3/b24-15+,26-17+/t27?,28?,29-,31+/m0/s1. The lowest BCUT2D eigenvalue weighted by atomic mass is 9.47. The van der Waals surface area contributed by atoms with Crippen LogP contribution in [0.2, 0.25) is 0 Å². The third kappa shape index (κ3) is 6.60. The molecule has 0 aromatic heterocycles. The van der Waals surface area contributed by atoms with Crippen LogP contribution >= 0.6 is 0 Å². The second-order valence-electron chi connectivity index (χ2n) is 11.6. The molecule has 0 bridgehead atoms. The molecule has 2 rings (SSSR count). The van der Waals surface area contributed by atoms with Crippen molar-refractivity contribution in [3.8, 4) is 0 Å². The van der Waals surface area contributed by atoms with Gasteiger partial charge >= 0.3 is 0 Å². The second kappa shape index (κ2) is 11.7. The molecule has 0 aromatic carbocycles. The number of aliphatic hydroxyl groups excluding tert-OH is 1. The highest BCUT2D eigenvalue weighted by atomic mass is 16.3. The van der Waals surface area contributed by atoms with Crippen molar-refractivity contribution in [3.05, 3.63) is 59.3 Å². The summed E-state index contributed by atoms with van der Waals surface area (Å²) in [5, 5.41) is 10.7. The number of rotatable bonds is 10.